The van der Waals surface area contributed by atoms with Gasteiger partial charge in [0.2, 0.25) is 0 Å². The Labute approximate surface area is 176 Å². The topological polar surface area (TPSA) is 42.3 Å². The van der Waals surface area contributed by atoms with E-state index in [0.717, 1.165) is 38.3 Å². The molecule has 1 aromatic heterocycles. The van der Waals surface area contributed by atoms with Gasteiger partial charge in [-0.05, 0) is 55.4 Å². The Bertz CT molecular complexity index is 1100. The van der Waals surface area contributed by atoms with Gasteiger partial charge in [0.15, 0.2) is 0 Å². The van der Waals surface area contributed by atoms with E-state index in [1.807, 2.05) is 48.5 Å². The Morgan fingerprint density at radius 1 is 1.07 bits per heavy atom. The van der Waals surface area contributed by atoms with Crippen LogP contribution in [0.5, 0.6) is 0 Å². The SMILES string of the molecule is CC(C)n1cc(/C=C2\SC(=O)N(Cc3ccc(Br)cc3)C2=O)c2ccccc21. The van der Waals surface area contributed by atoms with Crippen LogP contribution in [0.2, 0.25) is 0 Å². The first-order valence-corrected chi connectivity index (χ1v) is 10.6. The molecule has 0 radical (unpaired) electrons. The van der Waals surface area contributed by atoms with Gasteiger partial charge >= 0.3 is 0 Å². The molecular formula is C22H19BrN2O2S. The van der Waals surface area contributed by atoms with E-state index < -0.39 is 0 Å². The second-order valence-electron chi connectivity index (χ2n) is 7.00. The number of imide groups is 1. The van der Waals surface area contributed by atoms with Crippen molar-refractivity contribution in [2.75, 3.05) is 0 Å². The summed E-state index contributed by atoms with van der Waals surface area (Å²) in [6.07, 6.45) is 3.89. The van der Waals surface area contributed by atoms with Gasteiger partial charge in [-0.1, -0.05) is 46.3 Å². The lowest BCUT2D eigenvalue weighted by Gasteiger charge is -2.12. The largest absolute Gasteiger partial charge is 0.344 e. The van der Waals surface area contributed by atoms with Crippen LogP contribution in [0.25, 0.3) is 17.0 Å². The highest BCUT2D eigenvalue weighted by molar-refractivity contribution is 9.10. The smallest absolute Gasteiger partial charge is 0.293 e. The number of hydrogen-bond donors (Lipinski definition) is 0. The van der Waals surface area contributed by atoms with Crippen LogP contribution in [0.4, 0.5) is 4.79 Å². The van der Waals surface area contributed by atoms with Crippen LogP contribution >= 0.6 is 27.7 Å². The molecule has 28 heavy (non-hydrogen) atoms. The molecule has 0 spiro atoms. The standard InChI is InChI=1S/C22H19BrN2O2S/c1-14(2)24-13-16(18-5-3-4-6-19(18)24)11-20-21(26)25(22(27)28-20)12-15-7-9-17(23)10-8-15/h3-11,13-14H,12H2,1-2H3/b20-11-. The lowest BCUT2D eigenvalue weighted by atomic mass is 10.1. The molecule has 0 N–H and O–H groups in total. The van der Waals surface area contributed by atoms with E-state index in [9.17, 15) is 9.59 Å². The minimum Gasteiger partial charge on any atom is -0.344 e. The number of thioether (sulfide) groups is 1. The number of nitrogens with zero attached hydrogens (tertiary/aromatic N) is 2. The molecule has 1 saturated heterocycles. The number of amides is 2. The third-order valence-electron chi connectivity index (χ3n) is 4.74. The fourth-order valence-electron chi connectivity index (χ4n) is 3.32. The van der Waals surface area contributed by atoms with Crippen molar-refractivity contribution >= 4 is 55.8 Å². The number of carbonyl (C=O) groups is 2. The molecule has 2 aromatic carbocycles. The summed E-state index contributed by atoms with van der Waals surface area (Å²) in [6.45, 7) is 4.54. The van der Waals surface area contributed by atoms with E-state index >= 15 is 0 Å². The van der Waals surface area contributed by atoms with Crippen molar-refractivity contribution < 1.29 is 9.59 Å². The highest BCUT2D eigenvalue weighted by atomic mass is 79.9. The fourth-order valence-corrected chi connectivity index (χ4v) is 4.42. The highest BCUT2D eigenvalue weighted by Crippen LogP contribution is 2.35. The Hall–Kier alpha value is -2.31. The van der Waals surface area contributed by atoms with Gasteiger partial charge in [0.05, 0.1) is 11.4 Å². The second kappa shape index (κ2) is 7.60. The number of para-hydroxylation sites is 1. The molecule has 6 heteroatoms. The molecule has 0 saturated carbocycles. The Balaban J connectivity index is 1.66. The first-order valence-electron chi connectivity index (χ1n) is 9.03. The van der Waals surface area contributed by atoms with E-state index in [2.05, 4.69) is 46.6 Å². The number of rotatable bonds is 4. The Morgan fingerprint density at radius 3 is 2.50 bits per heavy atom. The zero-order valence-corrected chi connectivity index (χ0v) is 18.0. The summed E-state index contributed by atoms with van der Waals surface area (Å²) in [4.78, 5) is 27.1. The monoisotopic (exact) mass is 454 g/mol. The van der Waals surface area contributed by atoms with Crippen LogP contribution in [0.1, 0.15) is 31.0 Å². The maximum absolute atomic E-state index is 12.9. The van der Waals surface area contributed by atoms with Crippen LogP contribution in [0, 0.1) is 0 Å². The second-order valence-corrected chi connectivity index (χ2v) is 8.91. The van der Waals surface area contributed by atoms with Gasteiger partial charge in [0.25, 0.3) is 11.1 Å². The molecule has 2 heterocycles. The van der Waals surface area contributed by atoms with Gasteiger partial charge in [0, 0.05) is 33.2 Å². The summed E-state index contributed by atoms with van der Waals surface area (Å²) in [6, 6.07) is 16.1. The van der Waals surface area contributed by atoms with Crippen molar-refractivity contribution in [2.24, 2.45) is 0 Å². The zero-order chi connectivity index (χ0) is 19.8. The van der Waals surface area contributed by atoms with Crippen molar-refractivity contribution in [1.29, 1.82) is 0 Å². The lowest BCUT2D eigenvalue weighted by Crippen LogP contribution is -2.27. The summed E-state index contributed by atoms with van der Waals surface area (Å²) in [5.41, 5.74) is 3.00. The van der Waals surface area contributed by atoms with Gasteiger partial charge in [-0.15, -0.1) is 0 Å². The van der Waals surface area contributed by atoms with Gasteiger partial charge in [-0.25, -0.2) is 0 Å². The molecule has 0 unspecified atom stereocenters. The number of carbonyl (C=O) groups excluding carboxylic acids is 2. The maximum atomic E-state index is 12.9. The Kier molecular flexibility index (Phi) is 5.17. The number of benzene rings is 2. The normalized spacial score (nSPS) is 16.1. The molecule has 1 aliphatic heterocycles. The average molecular weight is 455 g/mol. The molecule has 3 aromatic rings. The van der Waals surface area contributed by atoms with Crippen molar-refractivity contribution in [3.8, 4) is 0 Å². The van der Waals surface area contributed by atoms with Crippen molar-refractivity contribution in [2.45, 2.75) is 26.4 Å². The van der Waals surface area contributed by atoms with Crippen molar-refractivity contribution in [1.82, 2.24) is 9.47 Å². The highest BCUT2D eigenvalue weighted by Gasteiger charge is 2.35. The molecule has 4 nitrogen and oxygen atoms in total. The molecule has 1 fully saturated rings. The number of halogens is 1. The molecule has 1 aliphatic rings. The van der Waals surface area contributed by atoms with E-state index in [-0.39, 0.29) is 17.7 Å². The van der Waals surface area contributed by atoms with Crippen LogP contribution in [0.3, 0.4) is 0 Å². The quantitative estimate of drug-likeness (QED) is 0.439. The summed E-state index contributed by atoms with van der Waals surface area (Å²) >= 11 is 4.40. The zero-order valence-electron chi connectivity index (χ0n) is 15.6. The van der Waals surface area contributed by atoms with Crippen molar-refractivity contribution in [3.63, 3.8) is 0 Å². The number of aromatic nitrogens is 1. The summed E-state index contributed by atoms with van der Waals surface area (Å²) < 4.78 is 3.15. The fraction of sp³-hybridized carbons (Fsp3) is 0.182. The predicted octanol–water partition coefficient (Wildman–Crippen LogP) is 6.22. The summed E-state index contributed by atoms with van der Waals surface area (Å²) in [5, 5.41) is 0.850. The van der Waals surface area contributed by atoms with Gasteiger partial charge < -0.3 is 4.57 Å². The van der Waals surface area contributed by atoms with E-state index in [1.54, 1.807) is 0 Å². The first kappa shape index (κ1) is 19.0. The van der Waals surface area contributed by atoms with Gasteiger partial charge in [-0.3, -0.25) is 14.5 Å². The average Bonchev–Trinajstić information content (AvgIpc) is 3.17. The third kappa shape index (κ3) is 3.54. The minimum atomic E-state index is -0.237. The predicted molar refractivity (Wildman–Crippen MR) is 118 cm³/mol. The molecule has 142 valence electrons. The van der Waals surface area contributed by atoms with Crippen LogP contribution in [0.15, 0.2) is 64.1 Å². The van der Waals surface area contributed by atoms with E-state index in [0.29, 0.717) is 10.9 Å². The Morgan fingerprint density at radius 2 is 1.79 bits per heavy atom. The van der Waals surface area contributed by atoms with Crippen LogP contribution in [-0.4, -0.2) is 20.6 Å². The summed E-state index contributed by atoms with van der Waals surface area (Å²) in [7, 11) is 0. The number of fused-ring (bicyclic) bond motifs is 1. The van der Waals surface area contributed by atoms with Crippen molar-refractivity contribution in [3.05, 3.63) is 75.2 Å². The molecule has 0 aliphatic carbocycles. The third-order valence-corrected chi connectivity index (χ3v) is 6.18. The van der Waals surface area contributed by atoms with E-state index in [1.165, 1.54) is 4.90 Å². The van der Waals surface area contributed by atoms with Crippen LogP contribution < -0.4 is 0 Å². The van der Waals surface area contributed by atoms with E-state index in [4.69, 9.17) is 0 Å². The molecular weight excluding hydrogens is 436 g/mol. The summed E-state index contributed by atoms with van der Waals surface area (Å²) in [5.74, 6) is -0.237. The van der Waals surface area contributed by atoms with Gasteiger partial charge in [0.1, 0.15) is 0 Å². The molecule has 0 atom stereocenters. The molecule has 0 bridgehead atoms. The first-order chi connectivity index (χ1) is 13.4. The number of hydrogen-bond acceptors (Lipinski definition) is 3. The molecule has 4 rings (SSSR count). The van der Waals surface area contributed by atoms with Crippen LogP contribution in [-0.2, 0) is 11.3 Å². The maximum Gasteiger partial charge on any atom is 0.293 e. The molecule has 2 amide bonds. The minimum absolute atomic E-state index is 0.230. The van der Waals surface area contributed by atoms with Gasteiger partial charge in [-0.2, -0.15) is 0 Å². The lowest BCUT2D eigenvalue weighted by molar-refractivity contribution is -0.123.